The Morgan fingerprint density at radius 3 is 2.80 bits per heavy atom. The Hall–Kier alpha value is -1.87. The predicted octanol–water partition coefficient (Wildman–Crippen LogP) is 1.77. The van der Waals surface area contributed by atoms with Gasteiger partial charge >= 0.3 is 0 Å². The Morgan fingerprint density at radius 2 is 1.93 bits per heavy atom. The van der Waals surface area contributed by atoms with Crippen molar-refractivity contribution < 1.29 is 9.90 Å². The minimum atomic E-state index is -1.09. The maximum atomic E-state index is 11.5. The van der Waals surface area contributed by atoms with Gasteiger partial charge in [-0.05, 0) is 11.5 Å². The van der Waals surface area contributed by atoms with E-state index in [1.54, 1.807) is 6.07 Å². The van der Waals surface area contributed by atoms with Crippen molar-refractivity contribution in [2.45, 2.75) is 6.23 Å². The van der Waals surface area contributed by atoms with Crippen LogP contribution in [0.25, 0.3) is 10.8 Å². The lowest BCUT2D eigenvalue weighted by Gasteiger charge is -2.04. The fourth-order valence-electron chi connectivity index (χ4n) is 1.98. The second-order valence-electron chi connectivity index (χ2n) is 3.62. The molecule has 3 nitrogen and oxygen atoms in total. The number of aliphatic hydroxyl groups excluding tert-OH is 1. The molecule has 15 heavy (non-hydrogen) atoms. The van der Waals surface area contributed by atoms with Crippen LogP contribution in [0.15, 0.2) is 36.4 Å². The number of aliphatic hydroxyl groups is 1. The van der Waals surface area contributed by atoms with Crippen LogP contribution in [0.1, 0.15) is 10.4 Å². The normalized spacial score (nSPS) is 19.0. The van der Waals surface area contributed by atoms with Crippen molar-refractivity contribution in [1.29, 1.82) is 0 Å². The fourth-order valence-corrected chi connectivity index (χ4v) is 1.98. The van der Waals surface area contributed by atoms with Gasteiger partial charge in [-0.2, -0.15) is 0 Å². The molecule has 0 fully saturated rings. The lowest BCUT2D eigenvalue weighted by Crippen LogP contribution is -2.20. The molecule has 3 rings (SSSR count). The van der Waals surface area contributed by atoms with E-state index in [9.17, 15) is 9.90 Å². The third-order valence-corrected chi connectivity index (χ3v) is 2.72. The van der Waals surface area contributed by atoms with Gasteiger partial charge in [0.1, 0.15) is 0 Å². The highest BCUT2D eigenvalue weighted by Gasteiger charge is 2.28. The number of hydrogen-bond donors (Lipinski definition) is 2. The van der Waals surface area contributed by atoms with Gasteiger partial charge in [0.2, 0.25) is 5.78 Å². The van der Waals surface area contributed by atoms with E-state index in [0.717, 1.165) is 16.5 Å². The van der Waals surface area contributed by atoms with Gasteiger partial charge in [-0.3, -0.25) is 4.79 Å². The Kier molecular flexibility index (Phi) is 1.58. The van der Waals surface area contributed by atoms with E-state index in [-0.39, 0.29) is 5.78 Å². The zero-order chi connectivity index (χ0) is 10.4. The maximum Gasteiger partial charge on any atom is 0.213 e. The molecule has 3 heteroatoms. The molecule has 2 aromatic rings. The summed E-state index contributed by atoms with van der Waals surface area (Å²) in [5, 5.41) is 14.2. The molecule has 74 valence electrons. The Labute approximate surface area is 86.3 Å². The van der Waals surface area contributed by atoms with Crippen LogP contribution in [0.5, 0.6) is 0 Å². The van der Waals surface area contributed by atoms with Crippen molar-refractivity contribution in [2.75, 3.05) is 5.32 Å². The standard InChI is InChI=1S/C12H9NO2/c14-11-9-6-5-7-3-1-2-4-8(7)10(9)13-12(11)15/h1-6,12-13,15H. The first-order valence-corrected chi connectivity index (χ1v) is 4.78. The molecular weight excluding hydrogens is 190 g/mol. The first-order valence-electron chi connectivity index (χ1n) is 4.78. The number of anilines is 1. The summed E-state index contributed by atoms with van der Waals surface area (Å²) in [5.41, 5.74) is 1.31. The first-order chi connectivity index (χ1) is 7.27. The van der Waals surface area contributed by atoms with Gasteiger partial charge in [0, 0.05) is 10.9 Å². The summed E-state index contributed by atoms with van der Waals surface area (Å²) in [6, 6.07) is 11.4. The van der Waals surface area contributed by atoms with Crippen molar-refractivity contribution in [3.63, 3.8) is 0 Å². The molecule has 0 aliphatic carbocycles. The highest BCUT2D eigenvalue weighted by Crippen LogP contribution is 2.32. The number of carbonyl (C=O) groups is 1. The number of fused-ring (bicyclic) bond motifs is 3. The summed E-state index contributed by atoms with van der Waals surface area (Å²) in [5.74, 6) is -0.254. The van der Waals surface area contributed by atoms with Gasteiger partial charge in [0.05, 0.1) is 5.69 Å². The number of Topliss-reactive ketones (excluding diaryl/α,β-unsaturated/α-hetero) is 1. The van der Waals surface area contributed by atoms with E-state index in [0.29, 0.717) is 5.56 Å². The number of hydrogen-bond acceptors (Lipinski definition) is 3. The van der Waals surface area contributed by atoms with Crippen molar-refractivity contribution in [2.24, 2.45) is 0 Å². The Morgan fingerprint density at radius 1 is 1.13 bits per heavy atom. The summed E-state index contributed by atoms with van der Waals surface area (Å²) in [6.45, 7) is 0. The topological polar surface area (TPSA) is 49.3 Å². The molecule has 1 aliphatic rings. The summed E-state index contributed by atoms with van der Waals surface area (Å²) in [7, 11) is 0. The zero-order valence-electron chi connectivity index (χ0n) is 7.90. The Bertz CT molecular complexity index is 563. The summed E-state index contributed by atoms with van der Waals surface area (Å²) in [6.07, 6.45) is -1.09. The molecule has 2 aromatic carbocycles. The van der Waals surface area contributed by atoms with Crippen LogP contribution < -0.4 is 5.32 Å². The highest BCUT2D eigenvalue weighted by molar-refractivity contribution is 6.15. The molecule has 2 N–H and O–H groups in total. The van der Waals surface area contributed by atoms with Crippen LogP contribution in [0.3, 0.4) is 0 Å². The van der Waals surface area contributed by atoms with E-state index >= 15 is 0 Å². The zero-order valence-corrected chi connectivity index (χ0v) is 7.90. The number of ketones is 1. The molecule has 1 heterocycles. The smallest absolute Gasteiger partial charge is 0.213 e. The molecule has 0 bridgehead atoms. The number of carbonyl (C=O) groups excluding carboxylic acids is 1. The van der Waals surface area contributed by atoms with Crippen molar-refractivity contribution >= 4 is 22.2 Å². The fraction of sp³-hybridized carbons (Fsp3) is 0.0833. The largest absolute Gasteiger partial charge is 0.367 e. The van der Waals surface area contributed by atoms with Crippen LogP contribution in [0.4, 0.5) is 5.69 Å². The average Bonchev–Trinajstić information content (AvgIpc) is 2.56. The van der Waals surface area contributed by atoms with Crippen LogP contribution in [0.2, 0.25) is 0 Å². The molecule has 0 saturated heterocycles. The minimum absolute atomic E-state index is 0.254. The number of rotatable bonds is 0. The first kappa shape index (κ1) is 8.44. The summed E-state index contributed by atoms with van der Waals surface area (Å²) in [4.78, 5) is 11.5. The van der Waals surface area contributed by atoms with Gasteiger partial charge in [0.15, 0.2) is 6.23 Å². The molecule has 0 spiro atoms. The Balaban J connectivity index is 2.38. The molecule has 0 aromatic heterocycles. The molecule has 0 amide bonds. The molecule has 1 aliphatic heterocycles. The van der Waals surface area contributed by atoms with E-state index in [1.807, 2.05) is 30.3 Å². The lowest BCUT2D eigenvalue weighted by atomic mass is 10.0. The van der Waals surface area contributed by atoms with Crippen molar-refractivity contribution in [3.8, 4) is 0 Å². The van der Waals surface area contributed by atoms with E-state index in [4.69, 9.17) is 0 Å². The number of nitrogens with one attached hydrogen (secondary N) is 1. The number of benzene rings is 2. The molecule has 0 saturated carbocycles. The lowest BCUT2D eigenvalue weighted by molar-refractivity contribution is 0.0814. The molecule has 1 unspecified atom stereocenters. The minimum Gasteiger partial charge on any atom is -0.367 e. The van der Waals surface area contributed by atoms with Crippen LogP contribution in [-0.2, 0) is 0 Å². The van der Waals surface area contributed by atoms with Crippen LogP contribution in [-0.4, -0.2) is 17.1 Å². The summed E-state index contributed by atoms with van der Waals surface area (Å²) >= 11 is 0. The van der Waals surface area contributed by atoms with Gasteiger partial charge < -0.3 is 10.4 Å². The van der Waals surface area contributed by atoms with Crippen molar-refractivity contribution in [3.05, 3.63) is 42.0 Å². The second-order valence-corrected chi connectivity index (χ2v) is 3.62. The van der Waals surface area contributed by atoms with E-state index < -0.39 is 6.23 Å². The third kappa shape index (κ3) is 1.07. The molecular formula is C12H9NO2. The molecule has 0 radical (unpaired) electrons. The van der Waals surface area contributed by atoms with Crippen LogP contribution >= 0.6 is 0 Å². The van der Waals surface area contributed by atoms with E-state index in [2.05, 4.69) is 5.32 Å². The SMILES string of the molecule is O=C1c2ccc3ccccc3c2NC1O. The van der Waals surface area contributed by atoms with Gasteiger partial charge in [0.25, 0.3) is 0 Å². The van der Waals surface area contributed by atoms with Gasteiger partial charge in [-0.15, -0.1) is 0 Å². The average molecular weight is 199 g/mol. The predicted molar refractivity (Wildman–Crippen MR) is 57.9 cm³/mol. The van der Waals surface area contributed by atoms with Crippen LogP contribution in [0, 0.1) is 0 Å². The second kappa shape index (κ2) is 2.81. The van der Waals surface area contributed by atoms with Crippen molar-refractivity contribution in [1.82, 2.24) is 0 Å². The highest BCUT2D eigenvalue weighted by atomic mass is 16.3. The third-order valence-electron chi connectivity index (χ3n) is 2.72. The quantitative estimate of drug-likeness (QED) is 0.679. The van der Waals surface area contributed by atoms with Gasteiger partial charge in [-0.1, -0.05) is 30.3 Å². The van der Waals surface area contributed by atoms with E-state index in [1.165, 1.54) is 0 Å². The maximum absolute atomic E-state index is 11.5. The van der Waals surface area contributed by atoms with Gasteiger partial charge in [-0.25, -0.2) is 0 Å². The monoisotopic (exact) mass is 199 g/mol. The summed E-state index contributed by atoms with van der Waals surface area (Å²) < 4.78 is 0. The molecule has 1 atom stereocenters.